The minimum atomic E-state index is -0.330. The summed E-state index contributed by atoms with van der Waals surface area (Å²) in [5, 5.41) is 0. The number of rotatable bonds is 11. The number of ether oxygens (including phenoxy) is 3. The minimum Gasteiger partial charge on any atom is -0.493 e. The van der Waals surface area contributed by atoms with Crippen LogP contribution in [0.25, 0.3) is 11.1 Å². The van der Waals surface area contributed by atoms with Crippen LogP contribution in [0.4, 0.5) is 0 Å². The van der Waals surface area contributed by atoms with E-state index in [0.29, 0.717) is 19.1 Å². The molecular formula is C30H38O3. The molecule has 2 unspecified atom stereocenters. The summed E-state index contributed by atoms with van der Waals surface area (Å²) in [5.41, 5.74) is 3.46. The van der Waals surface area contributed by atoms with Gasteiger partial charge in [0, 0.05) is 17.4 Å². The lowest BCUT2D eigenvalue weighted by atomic mass is 9.95. The van der Waals surface area contributed by atoms with Crippen LogP contribution in [0.5, 0.6) is 11.5 Å². The van der Waals surface area contributed by atoms with E-state index in [1.165, 1.54) is 5.56 Å². The molecule has 0 bridgehead atoms. The van der Waals surface area contributed by atoms with Gasteiger partial charge in [-0.1, -0.05) is 95.3 Å². The van der Waals surface area contributed by atoms with Crippen LogP contribution in [0.3, 0.4) is 0 Å². The van der Waals surface area contributed by atoms with E-state index in [1.807, 2.05) is 48.5 Å². The highest BCUT2D eigenvalue weighted by Crippen LogP contribution is 2.30. The summed E-state index contributed by atoms with van der Waals surface area (Å²) in [6, 6.07) is 26.9. The van der Waals surface area contributed by atoms with Gasteiger partial charge in [0.05, 0.1) is 13.2 Å². The Hall–Kier alpha value is -2.78. The van der Waals surface area contributed by atoms with Crippen molar-refractivity contribution < 1.29 is 14.2 Å². The highest BCUT2D eigenvalue weighted by Gasteiger charge is 2.27. The van der Waals surface area contributed by atoms with Crippen LogP contribution in [-0.4, -0.2) is 19.5 Å². The monoisotopic (exact) mass is 446 g/mol. The fourth-order valence-corrected chi connectivity index (χ4v) is 3.58. The predicted molar refractivity (Wildman–Crippen MR) is 137 cm³/mol. The number of benzene rings is 3. The first kappa shape index (κ1) is 24.9. The Morgan fingerprint density at radius 3 is 2.12 bits per heavy atom. The average molecular weight is 447 g/mol. The Morgan fingerprint density at radius 2 is 1.45 bits per heavy atom. The molecule has 3 aromatic rings. The molecule has 0 aliphatic heterocycles. The highest BCUT2D eigenvalue weighted by molar-refractivity contribution is 5.70. The topological polar surface area (TPSA) is 27.7 Å². The Bertz CT molecular complexity index is 958. The Kier molecular flexibility index (Phi) is 8.96. The maximum Gasteiger partial charge on any atom is 0.204 e. The van der Waals surface area contributed by atoms with E-state index in [-0.39, 0.29) is 11.7 Å². The maximum atomic E-state index is 6.23. The van der Waals surface area contributed by atoms with Gasteiger partial charge in [-0.2, -0.15) is 0 Å². The largest absolute Gasteiger partial charge is 0.493 e. The third-order valence-electron chi connectivity index (χ3n) is 5.80. The SMILES string of the molecule is CCC(C)c1ccc(OC(OCCCOc2ccccc2-c2ccccc2)C(C)(C)C)cc1. The summed E-state index contributed by atoms with van der Waals surface area (Å²) in [7, 11) is 0. The van der Waals surface area contributed by atoms with Gasteiger partial charge in [0.1, 0.15) is 11.5 Å². The summed E-state index contributed by atoms with van der Waals surface area (Å²) in [4.78, 5) is 0. The van der Waals surface area contributed by atoms with Crippen molar-refractivity contribution in [3.63, 3.8) is 0 Å². The second-order valence-corrected chi connectivity index (χ2v) is 9.63. The van der Waals surface area contributed by atoms with E-state index in [2.05, 4.69) is 65.0 Å². The fraction of sp³-hybridized carbons (Fsp3) is 0.400. The number of hydrogen-bond acceptors (Lipinski definition) is 3. The molecular weight excluding hydrogens is 408 g/mol. The molecule has 33 heavy (non-hydrogen) atoms. The van der Waals surface area contributed by atoms with Crippen molar-refractivity contribution in [2.45, 2.75) is 59.7 Å². The first-order valence-electron chi connectivity index (χ1n) is 12.0. The second kappa shape index (κ2) is 11.9. The third-order valence-corrected chi connectivity index (χ3v) is 5.80. The van der Waals surface area contributed by atoms with Gasteiger partial charge in [-0.05, 0) is 41.7 Å². The van der Waals surface area contributed by atoms with E-state index in [1.54, 1.807) is 0 Å². The summed E-state index contributed by atoms with van der Waals surface area (Å²) in [6.07, 6.45) is 1.58. The van der Waals surface area contributed by atoms with Crippen LogP contribution in [0.15, 0.2) is 78.9 Å². The van der Waals surface area contributed by atoms with Gasteiger partial charge in [0.2, 0.25) is 6.29 Å². The molecule has 3 rings (SSSR count). The van der Waals surface area contributed by atoms with E-state index in [0.717, 1.165) is 35.5 Å². The van der Waals surface area contributed by atoms with Crippen molar-refractivity contribution in [1.29, 1.82) is 0 Å². The quantitative estimate of drug-likeness (QED) is 0.220. The van der Waals surface area contributed by atoms with Crippen LogP contribution < -0.4 is 9.47 Å². The summed E-state index contributed by atoms with van der Waals surface area (Å²) in [6.45, 7) is 12.0. The average Bonchev–Trinajstić information content (AvgIpc) is 2.83. The van der Waals surface area contributed by atoms with Crippen LogP contribution in [0.1, 0.15) is 58.9 Å². The van der Waals surface area contributed by atoms with Crippen molar-refractivity contribution >= 4 is 0 Å². The molecule has 0 saturated heterocycles. The Morgan fingerprint density at radius 1 is 0.788 bits per heavy atom. The summed E-state index contributed by atoms with van der Waals surface area (Å²) in [5.74, 6) is 2.30. The lowest BCUT2D eigenvalue weighted by Gasteiger charge is -2.31. The van der Waals surface area contributed by atoms with Gasteiger partial charge in [0.25, 0.3) is 0 Å². The van der Waals surface area contributed by atoms with Crippen LogP contribution >= 0.6 is 0 Å². The van der Waals surface area contributed by atoms with E-state index in [4.69, 9.17) is 14.2 Å². The maximum absolute atomic E-state index is 6.23. The second-order valence-electron chi connectivity index (χ2n) is 9.63. The normalized spacial score (nSPS) is 13.4. The molecule has 3 aromatic carbocycles. The number of hydrogen-bond donors (Lipinski definition) is 0. The zero-order chi connectivity index (χ0) is 23.7. The predicted octanol–water partition coefficient (Wildman–Crippen LogP) is 8.10. The van der Waals surface area contributed by atoms with Crippen molar-refractivity contribution in [1.82, 2.24) is 0 Å². The third kappa shape index (κ3) is 7.36. The molecule has 2 atom stereocenters. The van der Waals surface area contributed by atoms with Crippen molar-refractivity contribution in [2.24, 2.45) is 5.41 Å². The fourth-order valence-electron chi connectivity index (χ4n) is 3.58. The van der Waals surface area contributed by atoms with Gasteiger partial charge in [-0.3, -0.25) is 0 Å². The van der Waals surface area contributed by atoms with Gasteiger partial charge in [-0.15, -0.1) is 0 Å². The molecule has 176 valence electrons. The molecule has 3 nitrogen and oxygen atoms in total. The van der Waals surface area contributed by atoms with E-state index < -0.39 is 0 Å². The van der Waals surface area contributed by atoms with Crippen LogP contribution in [0, 0.1) is 5.41 Å². The highest BCUT2D eigenvalue weighted by atomic mass is 16.7. The number of para-hydroxylation sites is 1. The smallest absolute Gasteiger partial charge is 0.204 e. The lowest BCUT2D eigenvalue weighted by Crippen LogP contribution is -2.35. The van der Waals surface area contributed by atoms with Crippen LogP contribution in [-0.2, 0) is 4.74 Å². The molecule has 3 heteroatoms. The van der Waals surface area contributed by atoms with Gasteiger partial charge < -0.3 is 14.2 Å². The lowest BCUT2D eigenvalue weighted by molar-refractivity contribution is -0.142. The van der Waals surface area contributed by atoms with Gasteiger partial charge in [0.15, 0.2) is 0 Å². The van der Waals surface area contributed by atoms with Crippen molar-refractivity contribution in [3.05, 3.63) is 84.4 Å². The Labute approximate surface area is 199 Å². The Balaban J connectivity index is 1.52. The zero-order valence-corrected chi connectivity index (χ0v) is 20.7. The molecule has 0 aromatic heterocycles. The molecule has 0 fully saturated rings. The molecule has 0 amide bonds. The summed E-state index contributed by atoms with van der Waals surface area (Å²) < 4.78 is 18.5. The molecule has 0 N–H and O–H groups in total. The molecule has 0 aliphatic carbocycles. The van der Waals surface area contributed by atoms with Crippen LogP contribution in [0.2, 0.25) is 0 Å². The van der Waals surface area contributed by atoms with Gasteiger partial charge in [-0.25, -0.2) is 0 Å². The molecule has 0 radical (unpaired) electrons. The zero-order valence-electron chi connectivity index (χ0n) is 20.7. The minimum absolute atomic E-state index is 0.143. The summed E-state index contributed by atoms with van der Waals surface area (Å²) >= 11 is 0. The van der Waals surface area contributed by atoms with E-state index in [9.17, 15) is 0 Å². The molecule has 0 saturated carbocycles. The first-order valence-corrected chi connectivity index (χ1v) is 12.0. The van der Waals surface area contributed by atoms with E-state index >= 15 is 0 Å². The molecule has 0 spiro atoms. The molecule has 0 aliphatic rings. The van der Waals surface area contributed by atoms with Crippen molar-refractivity contribution in [2.75, 3.05) is 13.2 Å². The standard InChI is InChI=1S/C30H38O3/c1-6-23(2)24-17-19-26(20-18-24)33-29(30(3,4)5)32-22-12-21-31-28-16-11-10-15-27(28)25-13-8-7-9-14-25/h7-11,13-20,23,29H,6,12,21-22H2,1-5H3. The first-order chi connectivity index (χ1) is 15.9. The van der Waals surface area contributed by atoms with Gasteiger partial charge >= 0.3 is 0 Å². The molecule has 0 heterocycles. The van der Waals surface area contributed by atoms with Crippen molar-refractivity contribution in [3.8, 4) is 22.6 Å².